The molecule has 0 unspecified atom stereocenters. The van der Waals surface area contributed by atoms with Gasteiger partial charge in [-0.1, -0.05) is 30.3 Å². The molecule has 148 valence electrons. The predicted molar refractivity (Wildman–Crippen MR) is 106 cm³/mol. The van der Waals surface area contributed by atoms with Crippen molar-refractivity contribution in [1.29, 1.82) is 0 Å². The Bertz CT molecular complexity index is 789. The molecular weight excluding hydrogens is 356 g/mol. The maximum atomic E-state index is 12.3. The van der Waals surface area contributed by atoms with Crippen LogP contribution < -0.4 is 15.1 Å². The molecule has 2 aromatic rings. The Kier molecular flexibility index (Phi) is 5.96. The molecule has 1 amide bonds. The number of hydrogen-bond donors (Lipinski definition) is 1. The van der Waals surface area contributed by atoms with E-state index in [2.05, 4.69) is 25.1 Å². The molecule has 0 atom stereocenters. The van der Waals surface area contributed by atoms with Gasteiger partial charge in [0.1, 0.15) is 0 Å². The van der Waals surface area contributed by atoms with Crippen molar-refractivity contribution in [2.24, 2.45) is 0 Å². The molecule has 2 aliphatic heterocycles. The summed E-state index contributed by atoms with van der Waals surface area (Å²) in [6.07, 6.45) is 2.66. The fourth-order valence-electron chi connectivity index (χ4n) is 3.46. The van der Waals surface area contributed by atoms with Gasteiger partial charge < -0.3 is 19.9 Å². The average Bonchev–Trinajstić information content (AvgIpc) is 3.28. The number of carbonyl (C=O) groups excluding carboxylic acids is 1. The molecule has 8 nitrogen and oxygen atoms in total. The number of carbonyl (C=O) groups is 1. The highest BCUT2D eigenvalue weighted by Crippen LogP contribution is 2.19. The van der Waals surface area contributed by atoms with Crippen molar-refractivity contribution in [3.8, 4) is 0 Å². The molecule has 0 radical (unpaired) electrons. The highest BCUT2D eigenvalue weighted by atomic mass is 16.5. The van der Waals surface area contributed by atoms with Crippen LogP contribution >= 0.6 is 0 Å². The Morgan fingerprint density at radius 3 is 2.25 bits per heavy atom. The maximum absolute atomic E-state index is 12.3. The van der Waals surface area contributed by atoms with E-state index in [4.69, 9.17) is 9.72 Å². The van der Waals surface area contributed by atoms with Crippen LogP contribution in [0.15, 0.2) is 30.3 Å². The van der Waals surface area contributed by atoms with E-state index in [-0.39, 0.29) is 5.91 Å². The molecule has 0 spiro atoms. The minimum absolute atomic E-state index is 0.0396. The Hall–Kier alpha value is -2.74. The number of morpholine rings is 1. The molecule has 28 heavy (non-hydrogen) atoms. The molecule has 0 saturated carbocycles. The monoisotopic (exact) mass is 382 g/mol. The van der Waals surface area contributed by atoms with Crippen molar-refractivity contribution < 1.29 is 9.53 Å². The van der Waals surface area contributed by atoms with Gasteiger partial charge in [0.25, 0.3) is 0 Å². The lowest BCUT2D eigenvalue weighted by Gasteiger charge is -2.28. The number of anilines is 2. The van der Waals surface area contributed by atoms with Crippen LogP contribution in [0.25, 0.3) is 0 Å². The van der Waals surface area contributed by atoms with E-state index in [1.165, 1.54) is 0 Å². The van der Waals surface area contributed by atoms with Gasteiger partial charge in [-0.2, -0.15) is 15.0 Å². The van der Waals surface area contributed by atoms with Crippen LogP contribution in [0.1, 0.15) is 24.2 Å². The van der Waals surface area contributed by atoms with Crippen LogP contribution in [-0.4, -0.2) is 60.3 Å². The molecule has 0 aliphatic carbocycles. The topological polar surface area (TPSA) is 83.5 Å². The first kappa shape index (κ1) is 18.6. The molecule has 1 N–H and O–H groups in total. The van der Waals surface area contributed by atoms with Crippen LogP contribution in [0.2, 0.25) is 0 Å². The summed E-state index contributed by atoms with van der Waals surface area (Å²) >= 11 is 0. The smallest absolute Gasteiger partial charge is 0.230 e. The minimum Gasteiger partial charge on any atom is -0.378 e. The second kappa shape index (κ2) is 8.97. The van der Waals surface area contributed by atoms with Gasteiger partial charge in [-0.25, -0.2) is 0 Å². The van der Waals surface area contributed by atoms with Crippen LogP contribution in [0.4, 0.5) is 11.9 Å². The number of benzene rings is 1. The first-order chi connectivity index (χ1) is 13.8. The van der Waals surface area contributed by atoms with E-state index in [0.29, 0.717) is 43.9 Å². The lowest BCUT2D eigenvalue weighted by molar-refractivity contribution is -0.120. The summed E-state index contributed by atoms with van der Waals surface area (Å²) < 4.78 is 5.44. The third-order valence-electron chi connectivity index (χ3n) is 4.99. The Morgan fingerprint density at radius 2 is 1.57 bits per heavy atom. The first-order valence-corrected chi connectivity index (χ1v) is 9.91. The molecule has 1 aromatic carbocycles. The Labute approximate surface area is 164 Å². The minimum atomic E-state index is -0.0396. The van der Waals surface area contributed by atoms with Gasteiger partial charge in [0.2, 0.25) is 17.8 Å². The summed E-state index contributed by atoms with van der Waals surface area (Å²) in [5.41, 5.74) is 0.988. The number of nitrogens with one attached hydrogen (secondary N) is 1. The summed E-state index contributed by atoms with van der Waals surface area (Å²) in [6, 6.07) is 9.71. The third-order valence-corrected chi connectivity index (χ3v) is 4.99. The maximum Gasteiger partial charge on any atom is 0.230 e. The Morgan fingerprint density at radius 1 is 0.929 bits per heavy atom. The SMILES string of the molecule is O=C(Cc1ccccc1)NCc1nc(N2CCCC2)nc(N2CCOCC2)n1. The molecule has 3 heterocycles. The fraction of sp³-hybridized carbons (Fsp3) is 0.500. The number of rotatable bonds is 6. The summed E-state index contributed by atoms with van der Waals surface area (Å²) in [4.78, 5) is 30.5. The lowest BCUT2D eigenvalue weighted by atomic mass is 10.1. The van der Waals surface area contributed by atoms with Crippen molar-refractivity contribution in [1.82, 2.24) is 20.3 Å². The van der Waals surface area contributed by atoms with E-state index < -0.39 is 0 Å². The van der Waals surface area contributed by atoms with Gasteiger partial charge in [-0.05, 0) is 18.4 Å². The fourth-order valence-corrected chi connectivity index (χ4v) is 3.46. The number of hydrogen-bond acceptors (Lipinski definition) is 7. The quantitative estimate of drug-likeness (QED) is 0.803. The zero-order valence-electron chi connectivity index (χ0n) is 16.0. The van der Waals surface area contributed by atoms with Crippen LogP contribution in [0.3, 0.4) is 0 Å². The molecule has 2 aliphatic rings. The largest absolute Gasteiger partial charge is 0.378 e. The van der Waals surface area contributed by atoms with Crippen molar-refractivity contribution >= 4 is 17.8 Å². The molecule has 2 fully saturated rings. The summed E-state index contributed by atoms with van der Waals surface area (Å²) in [5, 5.41) is 2.94. The van der Waals surface area contributed by atoms with Gasteiger partial charge in [-0.3, -0.25) is 4.79 Å². The number of nitrogens with zero attached hydrogens (tertiary/aromatic N) is 5. The van der Waals surface area contributed by atoms with Crippen molar-refractivity contribution in [2.45, 2.75) is 25.8 Å². The van der Waals surface area contributed by atoms with E-state index in [9.17, 15) is 4.79 Å². The van der Waals surface area contributed by atoms with E-state index in [1.807, 2.05) is 30.3 Å². The summed E-state index contributed by atoms with van der Waals surface area (Å²) in [7, 11) is 0. The van der Waals surface area contributed by atoms with E-state index in [0.717, 1.165) is 44.6 Å². The molecular formula is C20H26N6O2. The molecule has 8 heteroatoms. The highest BCUT2D eigenvalue weighted by Gasteiger charge is 2.21. The lowest BCUT2D eigenvalue weighted by Crippen LogP contribution is -2.38. The second-order valence-corrected chi connectivity index (χ2v) is 7.08. The number of ether oxygens (including phenoxy) is 1. The summed E-state index contributed by atoms with van der Waals surface area (Å²) in [5.74, 6) is 1.94. The summed E-state index contributed by atoms with van der Waals surface area (Å²) in [6.45, 7) is 5.11. The Balaban J connectivity index is 1.46. The number of aromatic nitrogens is 3. The van der Waals surface area contributed by atoms with Gasteiger partial charge in [0.15, 0.2) is 5.82 Å². The number of amides is 1. The third kappa shape index (κ3) is 4.75. The van der Waals surface area contributed by atoms with Crippen LogP contribution in [0, 0.1) is 0 Å². The molecule has 4 rings (SSSR count). The molecule has 2 saturated heterocycles. The van der Waals surface area contributed by atoms with Gasteiger partial charge >= 0.3 is 0 Å². The highest BCUT2D eigenvalue weighted by molar-refractivity contribution is 5.78. The molecule has 0 bridgehead atoms. The van der Waals surface area contributed by atoms with Gasteiger partial charge in [-0.15, -0.1) is 0 Å². The normalized spacial score (nSPS) is 17.0. The second-order valence-electron chi connectivity index (χ2n) is 7.08. The molecule has 1 aromatic heterocycles. The average molecular weight is 382 g/mol. The van der Waals surface area contributed by atoms with Gasteiger partial charge in [0.05, 0.1) is 26.2 Å². The van der Waals surface area contributed by atoms with Crippen molar-refractivity contribution in [3.05, 3.63) is 41.7 Å². The van der Waals surface area contributed by atoms with E-state index >= 15 is 0 Å². The first-order valence-electron chi connectivity index (χ1n) is 9.91. The predicted octanol–water partition coefficient (Wildman–Crippen LogP) is 1.17. The van der Waals surface area contributed by atoms with Crippen LogP contribution in [-0.2, 0) is 22.5 Å². The standard InChI is InChI=1S/C20H26N6O2/c27-18(14-16-6-2-1-3-7-16)21-15-17-22-19(25-8-4-5-9-25)24-20(23-17)26-10-12-28-13-11-26/h1-3,6-7H,4-5,8-15H2,(H,21,27). The van der Waals surface area contributed by atoms with Crippen LogP contribution in [0.5, 0.6) is 0 Å². The van der Waals surface area contributed by atoms with Gasteiger partial charge in [0, 0.05) is 26.2 Å². The van der Waals surface area contributed by atoms with Crippen molar-refractivity contribution in [3.63, 3.8) is 0 Å². The zero-order chi connectivity index (χ0) is 19.2. The van der Waals surface area contributed by atoms with Crippen molar-refractivity contribution in [2.75, 3.05) is 49.2 Å². The van der Waals surface area contributed by atoms with E-state index in [1.54, 1.807) is 0 Å². The zero-order valence-corrected chi connectivity index (χ0v) is 16.0.